The summed E-state index contributed by atoms with van der Waals surface area (Å²) in [5, 5.41) is 9.55. The Bertz CT molecular complexity index is 209. The second-order valence-electron chi connectivity index (χ2n) is 3.59. The first-order chi connectivity index (χ1) is 4.86. The van der Waals surface area contributed by atoms with Gasteiger partial charge in [-0.1, -0.05) is 0 Å². The minimum absolute atomic E-state index is 0.133. The van der Waals surface area contributed by atoms with Crippen molar-refractivity contribution in [3.05, 3.63) is 11.8 Å². The standard InChI is InChI=1S/C8H10O2/c9-7-4-1-5-3-10-8(7)6(5)2-4/h3-4,6-9H,1-2H2. The van der Waals surface area contributed by atoms with E-state index in [1.807, 2.05) is 6.26 Å². The Morgan fingerprint density at radius 3 is 3.20 bits per heavy atom. The molecule has 0 amide bonds. The Labute approximate surface area is 59.5 Å². The molecule has 1 N–H and O–H groups in total. The van der Waals surface area contributed by atoms with Gasteiger partial charge >= 0.3 is 0 Å². The Hall–Kier alpha value is -0.500. The molecule has 0 saturated heterocycles. The van der Waals surface area contributed by atoms with Crippen LogP contribution in [0.3, 0.4) is 0 Å². The molecule has 3 aliphatic rings. The van der Waals surface area contributed by atoms with Gasteiger partial charge in [-0.25, -0.2) is 0 Å². The predicted octanol–water partition coefficient (Wildman–Crippen LogP) is 0.670. The van der Waals surface area contributed by atoms with Crippen LogP contribution < -0.4 is 0 Å². The number of fused-ring (bicyclic) bond motifs is 1. The first kappa shape index (κ1) is 5.19. The molecule has 0 spiro atoms. The van der Waals surface area contributed by atoms with Crippen LogP contribution in [-0.4, -0.2) is 17.3 Å². The van der Waals surface area contributed by atoms with Crippen molar-refractivity contribution in [1.82, 2.24) is 0 Å². The molecule has 2 heteroatoms. The van der Waals surface area contributed by atoms with Crippen LogP contribution in [0.1, 0.15) is 12.8 Å². The van der Waals surface area contributed by atoms with Gasteiger partial charge in [0.1, 0.15) is 6.10 Å². The molecule has 10 heavy (non-hydrogen) atoms. The molecule has 2 aliphatic carbocycles. The van der Waals surface area contributed by atoms with Crippen molar-refractivity contribution in [2.24, 2.45) is 11.8 Å². The van der Waals surface area contributed by atoms with E-state index >= 15 is 0 Å². The largest absolute Gasteiger partial charge is 0.495 e. The highest BCUT2D eigenvalue weighted by molar-refractivity contribution is 5.24. The normalized spacial score (nSPS) is 55.1. The van der Waals surface area contributed by atoms with Crippen molar-refractivity contribution in [1.29, 1.82) is 0 Å². The monoisotopic (exact) mass is 138 g/mol. The summed E-state index contributed by atoms with van der Waals surface area (Å²) in [5.74, 6) is 1.10. The van der Waals surface area contributed by atoms with Crippen molar-refractivity contribution in [2.75, 3.05) is 0 Å². The van der Waals surface area contributed by atoms with E-state index in [4.69, 9.17) is 4.74 Å². The summed E-state index contributed by atoms with van der Waals surface area (Å²) in [4.78, 5) is 0. The van der Waals surface area contributed by atoms with Gasteiger partial charge in [0, 0.05) is 5.92 Å². The van der Waals surface area contributed by atoms with E-state index in [1.165, 1.54) is 5.57 Å². The third kappa shape index (κ3) is 0.390. The molecule has 0 aromatic carbocycles. The first-order valence-corrected chi connectivity index (χ1v) is 3.89. The third-order valence-corrected chi connectivity index (χ3v) is 3.12. The molecule has 3 rings (SSSR count). The molecule has 0 radical (unpaired) electrons. The Morgan fingerprint density at radius 1 is 1.60 bits per heavy atom. The maximum absolute atomic E-state index is 9.55. The molecule has 2 saturated carbocycles. The first-order valence-electron chi connectivity index (χ1n) is 3.89. The quantitative estimate of drug-likeness (QED) is 0.533. The molecule has 4 atom stereocenters. The highest BCUT2D eigenvalue weighted by atomic mass is 16.5. The van der Waals surface area contributed by atoms with Crippen LogP contribution in [-0.2, 0) is 4.74 Å². The summed E-state index contributed by atoms with van der Waals surface area (Å²) in [5.41, 5.74) is 1.44. The predicted molar refractivity (Wildman–Crippen MR) is 35.2 cm³/mol. The number of hydrogen-bond donors (Lipinski definition) is 1. The van der Waals surface area contributed by atoms with Gasteiger partial charge in [0.15, 0.2) is 0 Å². The van der Waals surface area contributed by atoms with Crippen molar-refractivity contribution >= 4 is 0 Å². The summed E-state index contributed by atoms with van der Waals surface area (Å²) in [6.45, 7) is 0. The van der Waals surface area contributed by atoms with E-state index in [0.717, 1.165) is 12.8 Å². The van der Waals surface area contributed by atoms with Gasteiger partial charge in [0.2, 0.25) is 0 Å². The summed E-state index contributed by atoms with van der Waals surface area (Å²) < 4.78 is 5.33. The van der Waals surface area contributed by atoms with E-state index in [-0.39, 0.29) is 12.2 Å². The molecule has 2 nitrogen and oxygen atoms in total. The van der Waals surface area contributed by atoms with Crippen molar-refractivity contribution in [3.8, 4) is 0 Å². The van der Waals surface area contributed by atoms with E-state index in [2.05, 4.69) is 0 Å². The van der Waals surface area contributed by atoms with E-state index in [9.17, 15) is 5.11 Å². The second kappa shape index (κ2) is 1.40. The molecule has 2 bridgehead atoms. The lowest BCUT2D eigenvalue weighted by Crippen LogP contribution is -2.30. The van der Waals surface area contributed by atoms with Gasteiger partial charge in [0.05, 0.1) is 12.4 Å². The average Bonchev–Trinajstić information content (AvgIpc) is 2.43. The molecule has 4 unspecified atom stereocenters. The fraction of sp³-hybridized carbons (Fsp3) is 0.750. The van der Waals surface area contributed by atoms with Crippen LogP contribution in [0.25, 0.3) is 0 Å². The minimum Gasteiger partial charge on any atom is -0.495 e. The highest BCUT2D eigenvalue weighted by Gasteiger charge is 2.53. The van der Waals surface area contributed by atoms with Gasteiger partial charge < -0.3 is 9.84 Å². The Morgan fingerprint density at radius 2 is 2.50 bits per heavy atom. The molecule has 1 aliphatic heterocycles. The lowest BCUT2D eigenvalue weighted by Gasteiger charge is -2.20. The van der Waals surface area contributed by atoms with Crippen LogP contribution in [0.2, 0.25) is 0 Å². The lowest BCUT2D eigenvalue weighted by atomic mass is 9.93. The number of rotatable bonds is 0. The molecule has 0 aromatic rings. The zero-order valence-electron chi connectivity index (χ0n) is 5.66. The SMILES string of the molecule is OC1C2CC3=COC1C3C2. The smallest absolute Gasteiger partial charge is 0.130 e. The van der Waals surface area contributed by atoms with E-state index in [1.54, 1.807) is 0 Å². The van der Waals surface area contributed by atoms with Crippen LogP contribution in [0.15, 0.2) is 11.8 Å². The summed E-state index contributed by atoms with van der Waals surface area (Å²) in [6, 6.07) is 0. The molecule has 54 valence electrons. The average molecular weight is 138 g/mol. The van der Waals surface area contributed by atoms with Gasteiger partial charge in [0.25, 0.3) is 0 Å². The topological polar surface area (TPSA) is 29.5 Å². The zero-order chi connectivity index (χ0) is 6.72. The third-order valence-electron chi connectivity index (χ3n) is 3.12. The summed E-state index contributed by atoms with van der Waals surface area (Å²) in [7, 11) is 0. The zero-order valence-corrected chi connectivity index (χ0v) is 5.66. The molecular weight excluding hydrogens is 128 g/mol. The summed E-state index contributed by atoms with van der Waals surface area (Å²) >= 11 is 0. The lowest BCUT2D eigenvalue weighted by molar-refractivity contribution is 0.00791. The maximum Gasteiger partial charge on any atom is 0.130 e. The fourth-order valence-corrected chi connectivity index (χ4v) is 2.60. The minimum atomic E-state index is -0.174. The van der Waals surface area contributed by atoms with Crippen LogP contribution in [0, 0.1) is 11.8 Å². The Kier molecular flexibility index (Phi) is 0.725. The molecule has 1 heterocycles. The second-order valence-corrected chi connectivity index (χ2v) is 3.59. The Balaban J connectivity index is 2.08. The molecular formula is C8H10O2. The summed E-state index contributed by atoms with van der Waals surface area (Å²) in [6.07, 6.45) is 4.08. The molecule has 2 fully saturated rings. The number of hydrogen-bond acceptors (Lipinski definition) is 2. The van der Waals surface area contributed by atoms with Crippen molar-refractivity contribution < 1.29 is 9.84 Å². The fourth-order valence-electron chi connectivity index (χ4n) is 2.60. The van der Waals surface area contributed by atoms with Crippen molar-refractivity contribution in [3.63, 3.8) is 0 Å². The van der Waals surface area contributed by atoms with Gasteiger partial charge in [-0.05, 0) is 24.3 Å². The van der Waals surface area contributed by atoms with Crippen LogP contribution in [0.4, 0.5) is 0 Å². The number of aliphatic hydroxyl groups excluding tert-OH is 1. The van der Waals surface area contributed by atoms with Gasteiger partial charge in [-0.3, -0.25) is 0 Å². The van der Waals surface area contributed by atoms with Gasteiger partial charge in [-0.2, -0.15) is 0 Å². The van der Waals surface area contributed by atoms with E-state index < -0.39 is 0 Å². The van der Waals surface area contributed by atoms with Crippen LogP contribution >= 0.6 is 0 Å². The maximum atomic E-state index is 9.55. The number of aliphatic hydroxyl groups is 1. The van der Waals surface area contributed by atoms with Crippen molar-refractivity contribution in [2.45, 2.75) is 25.0 Å². The van der Waals surface area contributed by atoms with E-state index in [0.29, 0.717) is 11.8 Å². The molecule has 0 aromatic heterocycles. The highest BCUT2D eigenvalue weighted by Crippen LogP contribution is 2.52. The number of ether oxygens (including phenoxy) is 1. The van der Waals surface area contributed by atoms with Gasteiger partial charge in [-0.15, -0.1) is 0 Å². The van der Waals surface area contributed by atoms with Crippen LogP contribution in [0.5, 0.6) is 0 Å².